The lowest BCUT2D eigenvalue weighted by atomic mass is 9.84. The Balaban J connectivity index is 1.86. The molecule has 30 heavy (non-hydrogen) atoms. The van der Waals surface area contributed by atoms with Crippen LogP contribution in [-0.2, 0) is 4.79 Å². The van der Waals surface area contributed by atoms with E-state index in [1.807, 2.05) is 31.2 Å². The van der Waals surface area contributed by atoms with Crippen molar-refractivity contribution < 1.29 is 9.53 Å². The van der Waals surface area contributed by atoms with E-state index in [0.717, 1.165) is 16.8 Å². The Morgan fingerprint density at radius 3 is 2.67 bits per heavy atom. The van der Waals surface area contributed by atoms with Crippen molar-refractivity contribution >= 4 is 23.2 Å². The molecule has 4 rings (SSSR count). The standard InChI is InChI=1S/C22H18ClN5O2/c1-12-19-20(14-6-8-16(9-7-14)26-13(2)29)18(11-24)21(25)30-22(19)28(27-12)17-5-3-4-15(23)10-17/h3-10,20H,25H2,1-2H3,(H,26,29)/t20-/m0/s1. The number of benzene rings is 2. The average Bonchev–Trinajstić information content (AvgIpc) is 3.03. The fourth-order valence-electron chi connectivity index (χ4n) is 3.59. The number of nitriles is 1. The van der Waals surface area contributed by atoms with Gasteiger partial charge in [0.2, 0.25) is 17.7 Å². The second-order valence-corrected chi connectivity index (χ2v) is 7.36. The van der Waals surface area contributed by atoms with Gasteiger partial charge in [0.1, 0.15) is 11.6 Å². The van der Waals surface area contributed by atoms with Crippen LogP contribution in [-0.4, -0.2) is 15.7 Å². The Hall–Kier alpha value is -3.76. The van der Waals surface area contributed by atoms with Crippen molar-refractivity contribution in [1.82, 2.24) is 9.78 Å². The third-order valence-electron chi connectivity index (χ3n) is 4.85. The van der Waals surface area contributed by atoms with Gasteiger partial charge in [0.05, 0.1) is 22.9 Å². The molecule has 1 atom stereocenters. The Labute approximate surface area is 178 Å². The van der Waals surface area contributed by atoms with Crippen LogP contribution in [0, 0.1) is 18.3 Å². The van der Waals surface area contributed by atoms with Gasteiger partial charge in [0.25, 0.3) is 0 Å². The SMILES string of the molecule is CC(=O)Nc1ccc([C@H]2C(C#N)=C(N)Oc3c2c(C)nn3-c2cccc(Cl)c2)cc1. The van der Waals surface area contributed by atoms with Gasteiger partial charge in [0.15, 0.2) is 0 Å². The fraction of sp³-hybridized carbons (Fsp3) is 0.136. The number of halogens is 1. The van der Waals surface area contributed by atoms with Crippen molar-refractivity contribution in [3.8, 4) is 17.6 Å². The molecule has 8 heteroatoms. The summed E-state index contributed by atoms with van der Waals surface area (Å²) in [5.41, 5.74) is 10.1. The molecule has 0 unspecified atom stereocenters. The first-order chi connectivity index (χ1) is 14.4. The van der Waals surface area contributed by atoms with E-state index in [1.54, 1.807) is 28.9 Å². The molecular weight excluding hydrogens is 402 g/mol. The molecule has 0 saturated carbocycles. The van der Waals surface area contributed by atoms with E-state index in [1.165, 1.54) is 6.92 Å². The number of anilines is 1. The number of fused-ring (bicyclic) bond motifs is 1. The quantitative estimate of drug-likeness (QED) is 0.667. The molecule has 0 spiro atoms. The lowest BCUT2D eigenvalue weighted by Crippen LogP contribution is -2.22. The van der Waals surface area contributed by atoms with E-state index in [4.69, 9.17) is 22.1 Å². The summed E-state index contributed by atoms with van der Waals surface area (Å²) in [5.74, 6) is -0.124. The molecule has 1 aliphatic rings. The van der Waals surface area contributed by atoms with Gasteiger partial charge in [-0.1, -0.05) is 29.8 Å². The minimum Gasteiger partial charge on any atom is -0.422 e. The van der Waals surface area contributed by atoms with Crippen LogP contribution < -0.4 is 15.8 Å². The topological polar surface area (TPSA) is 106 Å². The van der Waals surface area contributed by atoms with Gasteiger partial charge in [-0.15, -0.1) is 0 Å². The van der Waals surface area contributed by atoms with Crippen molar-refractivity contribution in [2.24, 2.45) is 5.73 Å². The molecule has 0 radical (unpaired) electrons. The predicted octanol–water partition coefficient (Wildman–Crippen LogP) is 4.01. The van der Waals surface area contributed by atoms with Gasteiger partial charge in [-0.3, -0.25) is 4.79 Å². The number of amides is 1. The second-order valence-electron chi connectivity index (χ2n) is 6.92. The van der Waals surface area contributed by atoms with E-state index < -0.39 is 5.92 Å². The normalized spacial score (nSPS) is 15.2. The monoisotopic (exact) mass is 419 g/mol. The number of rotatable bonds is 3. The summed E-state index contributed by atoms with van der Waals surface area (Å²) in [6, 6.07) is 16.7. The Kier molecular flexibility index (Phi) is 4.94. The minimum atomic E-state index is -0.446. The van der Waals surface area contributed by atoms with Crippen molar-refractivity contribution in [1.29, 1.82) is 5.26 Å². The third-order valence-corrected chi connectivity index (χ3v) is 5.08. The highest BCUT2D eigenvalue weighted by molar-refractivity contribution is 6.30. The molecule has 2 aromatic carbocycles. The molecule has 3 aromatic rings. The van der Waals surface area contributed by atoms with E-state index in [0.29, 0.717) is 27.9 Å². The van der Waals surface area contributed by atoms with E-state index in [9.17, 15) is 10.1 Å². The number of nitrogens with two attached hydrogens (primary N) is 1. The van der Waals surface area contributed by atoms with E-state index >= 15 is 0 Å². The zero-order valence-corrected chi connectivity index (χ0v) is 17.1. The van der Waals surface area contributed by atoms with Gasteiger partial charge < -0.3 is 15.8 Å². The Morgan fingerprint density at radius 1 is 1.30 bits per heavy atom. The first kappa shape index (κ1) is 19.6. The molecular formula is C22H18ClN5O2. The van der Waals surface area contributed by atoms with Crippen LogP contribution in [0.1, 0.15) is 29.7 Å². The lowest BCUT2D eigenvalue weighted by molar-refractivity contribution is -0.114. The number of hydrogen-bond acceptors (Lipinski definition) is 5. The summed E-state index contributed by atoms with van der Waals surface area (Å²) in [4.78, 5) is 11.3. The van der Waals surface area contributed by atoms with Gasteiger partial charge in [-0.2, -0.15) is 10.4 Å². The number of aromatic nitrogens is 2. The highest BCUT2D eigenvalue weighted by Gasteiger charge is 2.36. The number of aryl methyl sites for hydroxylation is 1. The highest BCUT2D eigenvalue weighted by atomic mass is 35.5. The van der Waals surface area contributed by atoms with E-state index in [-0.39, 0.29) is 11.8 Å². The first-order valence-electron chi connectivity index (χ1n) is 9.19. The third kappa shape index (κ3) is 3.38. The van der Waals surface area contributed by atoms with Gasteiger partial charge in [0, 0.05) is 17.6 Å². The summed E-state index contributed by atoms with van der Waals surface area (Å²) in [7, 11) is 0. The summed E-state index contributed by atoms with van der Waals surface area (Å²) in [5, 5.41) is 17.7. The number of allylic oxidation sites excluding steroid dienone is 1. The van der Waals surface area contributed by atoms with Crippen LogP contribution in [0.15, 0.2) is 60.0 Å². The van der Waals surface area contributed by atoms with Gasteiger partial charge >= 0.3 is 0 Å². The number of ether oxygens (including phenoxy) is 1. The van der Waals surface area contributed by atoms with Crippen LogP contribution in [0.25, 0.3) is 5.69 Å². The smallest absolute Gasteiger partial charge is 0.229 e. The predicted molar refractivity (Wildman–Crippen MR) is 113 cm³/mol. The van der Waals surface area contributed by atoms with Gasteiger partial charge in [-0.25, -0.2) is 4.68 Å². The number of carbonyl (C=O) groups excluding carboxylic acids is 1. The fourth-order valence-corrected chi connectivity index (χ4v) is 3.78. The molecule has 1 aromatic heterocycles. The number of hydrogen-bond donors (Lipinski definition) is 2. The summed E-state index contributed by atoms with van der Waals surface area (Å²) < 4.78 is 7.48. The molecule has 1 amide bonds. The number of nitrogens with one attached hydrogen (secondary N) is 1. The zero-order chi connectivity index (χ0) is 21.4. The van der Waals surface area contributed by atoms with Crippen LogP contribution in [0.5, 0.6) is 5.88 Å². The van der Waals surface area contributed by atoms with Crippen molar-refractivity contribution in [2.45, 2.75) is 19.8 Å². The van der Waals surface area contributed by atoms with Crippen LogP contribution in [0.4, 0.5) is 5.69 Å². The van der Waals surface area contributed by atoms with Crippen LogP contribution in [0.2, 0.25) is 5.02 Å². The van der Waals surface area contributed by atoms with E-state index in [2.05, 4.69) is 16.5 Å². The van der Waals surface area contributed by atoms with Crippen molar-refractivity contribution in [3.05, 3.63) is 81.8 Å². The average molecular weight is 420 g/mol. The molecule has 0 fully saturated rings. The molecule has 0 aliphatic carbocycles. The van der Waals surface area contributed by atoms with Crippen LogP contribution in [0.3, 0.4) is 0 Å². The van der Waals surface area contributed by atoms with Crippen molar-refractivity contribution in [3.63, 3.8) is 0 Å². The molecule has 0 bridgehead atoms. The Bertz CT molecular complexity index is 1220. The number of carbonyl (C=O) groups is 1. The first-order valence-corrected chi connectivity index (χ1v) is 9.57. The van der Waals surface area contributed by atoms with Crippen LogP contribution >= 0.6 is 11.6 Å². The maximum Gasteiger partial charge on any atom is 0.229 e. The molecule has 0 saturated heterocycles. The summed E-state index contributed by atoms with van der Waals surface area (Å²) in [6.45, 7) is 3.31. The molecule has 1 aliphatic heterocycles. The van der Waals surface area contributed by atoms with Gasteiger partial charge in [-0.05, 0) is 42.8 Å². The zero-order valence-electron chi connectivity index (χ0n) is 16.3. The highest BCUT2D eigenvalue weighted by Crippen LogP contribution is 2.44. The Morgan fingerprint density at radius 2 is 2.03 bits per heavy atom. The molecule has 150 valence electrons. The minimum absolute atomic E-state index is 0.0316. The van der Waals surface area contributed by atoms with Crippen molar-refractivity contribution in [2.75, 3.05) is 5.32 Å². The molecule has 7 nitrogen and oxygen atoms in total. The molecule has 2 heterocycles. The lowest BCUT2D eigenvalue weighted by Gasteiger charge is -2.25. The maximum atomic E-state index is 11.3. The number of nitrogens with zero attached hydrogens (tertiary/aromatic N) is 3. The largest absolute Gasteiger partial charge is 0.422 e. The second kappa shape index (κ2) is 7.58. The summed E-state index contributed by atoms with van der Waals surface area (Å²) in [6.07, 6.45) is 0. The molecule has 3 N–H and O–H groups in total. The summed E-state index contributed by atoms with van der Waals surface area (Å²) >= 11 is 6.15. The maximum absolute atomic E-state index is 11.3.